The van der Waals surface area contributed by atoms with Crippen molar-refractivity contribution in [1.29, 1.82) is 0 Å². The molecule has 134 valence electrons. The molecule has 1 aromatic heterocycles. The van der Waals surface area contributed by atoms with Gasteiger partial charge in [-0.15, -0.1) is 0 Å². The molecule has 0 aliphatic rings. The first-order chi connectivity index (χ1) is 11.8. The van der Waals surface area contributed by atoms with Crippen molar-refractivity contribution in [1.82, 2.24) is 15.3 Å². The van der Waals surface area contributed by atoms with Crippen LogP contribution in [0.3, 0.4) is 0 Å². The maximum absolute atomic E-state index is 12.3. The number of nitrogens with zero attached hydrogens (tertiary/aromatic N) is 2. The van der Waals surface area contributed by atoms with Gasteiger partial charge in [0.05, 0.1) is 11.8 Å². The highest BCUT2D eigenvalue weighted by Crippen LogP contribution is 2.27. The van der Waals surface area contributed by atoms with Gasteiger partial charge in [0, 0.05) is 12.2 Å². The average molecular weight is 342 g/mol. The van der Waals surface area contributed by atoms with Crippen LogP contribution in [0.5, 0.6) is 5.75 Å². The molecule has 2 aromatic rings. The lowest BCUT2D eigenvalue weighted by Gasteiger charge is -2.15. The monoisotopic (exact) mass is 342 g/mol. The molecule has 0 unspecified atom stereocenters. The third-order valence-corrected chi connectivity index (χ3v) is 3.25. The molecule has 2 rings (SSSR count). The molecule has 0 saturated carbocycles. The van der Waals surface area contributed by atoms with Gasteiger partial charge in [0.25, 0.3) is 5.91 Å². The number of carbonyl (C=O) groups excluding carboxylic acids is 1. The summed E-state index contributed by atoms with van der Waals surface area (Å²) in [5.74, 6) is 1.27. The highest BCUT2D eigenvalue weighted by Gasteiger charge is 2.12. The van der Waals surface area contributed by atoms with Gasteiger partial charge in [-0.25, -0.2) is 9.97 Å². The van der Waals surface area contributed by atoms with Crippen molar-refractivity contribution in [3.63, 3.8) is 0 Å². The topological polar surface area (TPSA) is 76.1 Å². The highest BCUT2D eigenvalue weighted by molar-refractivity contribution is 5.92. The summed E-state index contributed by atoms with van der Waals surface area (Å²) in [6.07, 6.45) is 0.0544. The fourth-order valence-corrected chi connectivity index (χ4v) is 2.18. The summed E-state index contributed by atoms with van der Waals surface area (Å²) in [5, 5.41) is 6.02. The van der Waals surface area contributed by atoms with E-state index in [1.54, 1.807) is 6.07 Å². The van der Waals surface area contributed by atoms with E-state index in [1.165, 1.54) is 0 Å². The molecular weight excluding hydrogens is 316 g/mol. The average Bonchev–Trinajstić information content (AvgIpc) is 2.53. The van der Waals surface area contributed by atoms with E-state index < -0.39 is 0 Å². The lowest BCUT2D eigenvalue weighted by molar-refractivity contribution is 0.0944. The Balaban J connectivity index is 2.22. The second-order valence-corrected chi connectivity index (χ2v) is 6.61. The van der Waals surface area contributed by atoms with Gasteiger partial charge >= 0.3 is 0 Å². The fourth-order valence-electron chi connectivity index (χ4n) is 2.18. The molecule has 0 saturated heterocycles. The predicted molar refractivity (Wildman–Crippen MR) is 99.4 cm³/mol. The molecule has 0 bridgehead atoms. The number of anilines is 2. The second kappa shape index (κ2) is 8.46. The van der Waals surface area contributed by atoms with Crippen LogP contribution in [0.2, 0.25) is 0 Å². The highest BCUT2D eigenvalue weighted by atomic mass is 16.5. The predicted octanol–water partition coefficient (Wildman–Crippen LogP) is 3.70. The Bertz CT molecular complexity index is 729. The van der Waals surface area contributed by atoms with Crippen molar-refractivity contribution in [3.8, 4) is 5.75 Å². The van der Waals surface area contributed by atoms with Crippen molar-refractivity contribution >= 4 is 17.5 Å². The van der Waals surface area contributed by atoms with E-state index >= 15 is 0 Å². The minimum atomic E-state index is -0.200. The van der Waals surface area contributed by atoms with E-state index in [0.717, 1.165) is 11.4 Å². The normalized spacial score (nSPS) is 10.8. The quantitative estimate of drug-likeness (QED) is 0.802. The van der Waals surface area contributed by atoms with Crippen LogP contribution in [0.1, 0.15) is 43.9 Å². The lowest BCUT2D eigenvalue weighted by Crippen LogP contribution is -2.28. The lowest BCUT2D eigenvalue weighted by atomic mass is 10.2. The zero-order valence-electron chi connectivity index (χ0n) is 15.5. The van der Waals surface area contributed by atoms with Gasteiger partial charge in [-0.1, -0.05) is 26.0 Å². The van der Waals surface area contributed by atoms with Crippen LogP contribution in [0, 0.1) is 12.8 Å². The van der Waals surface area contributed by atoms with Crippen molar-refractivity contribution < 1.29 is 9.53 Å². The minimum absolute atomic E-state index is 0.0544. The molecule has 0 aliphatic heterocycles. The summed E-state index contributed by atoms with van der Waals surface area (Å²) in [7, 11) is 0. The molecule has 6 nitrogen and oxygen atoms in total. The molecule has 1 amide bonds. The molecule has 6 heteroatoms. The van der Waals surface area contributed by atoms with Gasteiger partial charge in [0.2, 0.25) is 5.95 Å². The number of rotatable bonds is 7. The van der Waals surface area contributed by atoms with E-state index in [2.05, 4.69) is 20.6 Å². The van der Waals surface area contributed by atoms with Crippen LogP contribution in [0.4, 0.5) is 11.6 Å². The third kappa shape index (κ3) is 5.74. The fraction of sp³-hybridized carbons (Fsp3) is 0.421. The standard InChI is InChI=1S/C19H26N4O2/c1-12(2)11-20-18(24)16-10-14(5)21-19(23-16)22-15-8-6-7-9-17(15)25-13(3)4/h6-10,12-13H,11H2,1-5H3,(H,20,24)(H,21,22,23). The summed E-state index contributed by atoms with van der Waals surface area (Å²) in [5.41, 5.74) is 1.82. The number of amides is 1. The maximum Gasteiger partial charge on any atom is 0.270 e. The first kappa shape index (κ1) is 18.7. The number of nitrogens with one attached hydrogen (secondary N) is 2. The van der Waals surface area contributed by atoms with Gasteiger partial charge in [0.1, 0.15) is 11.4 Å². The Morgan fingerprint density at radius 1 is 1.16 bits per heavy atom. The molecule has 0 fully saturated rings. The van der Waals surface area contributed by atoms with E-state index in [-0.39, 0.29) is 12.0 Å². The van der Waals surface area contributed by atoms with Gasteiger partial charge < -0.3 is 15.4 Å². The molecule has 1 aromatic carbocycles. The van der Waals surface area contributed by atoms with Crippen molar-refractivity contribution in [3.05, 3.63) is 41.7 Å². The Kier molecular flexibility index (Phi) is 6.33. The minimum Gasteiger partial charge on any atom is -0.489 e. The Morgan fingerprint density at radius 2 is 1.88 bits per heavy atom. The van der Waals surface area contributed by atoms with Crippen LogP contribution in [-0.4, -0.2) is 28.5 Å². The van der Waals surface area contributed by atoms with Crippen LogP contribution >= 0.6 is 0 Å². The molecule has 0 atom stereocenters. The number of carbonyl (C=O) groups is 1. The Hall–Kier alpha value is -2.63. The zero-order chi connectivity index (χ0) is 18.4. The van der Waals surface area contributed by atoms with Crippen molar-refractivity contribution in [2.45, 2.75) is 40.7 Å². The summed E-state index contributed by atoms with van der Waals surface area (Å²) in [4.78, 5) is 21.0. The number of ether oxygens (including phenoxy) is 1. The molecule has 0 radical (unpaired) electrons. The van der Waals surface area contributed by atoms with Crippen LogP contribution in [0.15, 0.2) is 30.3 Å². The molecular formula is C19H26N4O2. The molecule has 2 N–H and O–H groups in total. The third-order valence-electron chi connectivity index (χ3n) is 3.25. The Morgan fingerprint density at radius 3 is 2.56 bits per heavy atom. The number of benzene rings is 1. The zero-order valence-corrected chi connectivity index (χ0v) is 15.5. The summed E-state index contributed by atoms with van der Waals surface area (Å²) in [6.45, 7) is 10.5. The van der Waals surface area contributed by atoms with E-state index in [4.69, 9.17) is 4.74 Å². The van der Waals surface area contributed by atoms with Crippen LogP contribution < -0.4 is 15.4 Å². The first-order valence-corrected chi connectivity index (χ1v) is 8.51. The van der Waals surface area contributed by atoms with Gasteiger partial charge in [-0.2, -0.15) is 0 Å². The Labute approximate surface area is 149 Å². The number of hydrogen-bond acceptors (Lipinski definition) is 5. The second-order valence-electron chi connectivity index (χ2n) is 6.61. The maximum atomic E-state index is 12.3. The number of aryl methyl sites for hydroxylation is 1. The SMILES string of the molecule is Cc1cc(C(=O)NCC(C)C)nc(Nc2ccccc2OC(C)C)n1. The number of hydrogen-bond donors (Lipinski definition) is 2. The number of aromatic nitrogens is 2. The van der Waals surface area contributed by atoms with Gasteiger partial charge in [-0.3, -0.25) is 4.79 Å². The van der Waals surface area contributed by atoms with Crippen LogP contribution in [0.25, 0.3) is 0 Å². The van der Waals surface area contributed by atoms with Gasteiger partial charge in [-0.05, 0) is 44.9 Å². The van der Waals surface area contributed by atoms with Crippen LogP contribution in [-0.2, 0) is 0 Å². The molecule has 1 heterocycles. The molecule has 0 spiro atoms. The summed E-state index contributed by atoms with van der Waals surface area (Å²) < 4.78 is 5.79. The summed E-state index contributed by atoms with van der Waals surface area (Å²) in [6, 6.07) is 9.26. The molecule has 25 heavy (non-hydrogen) atoms. The largest absolute Gasteiger partial charge is 0.489 e. The van der Waals surface area contributed by atoms with Gasteiger partial charge in [0.15, 0.2) is 0 Å². The van der Waals surface area contributed by atoms with E-state index in [0.29, 0.717) is 29.9 Å². The van der Waals surface area contributed by atoms with E-state index in [9.17, 15) is 4.79 Å². The molecule has 0 aliphatic carbocycles. The first-order valence-electron chi connectivity index (χ1n) is 8.51. The number of para-hydroxylation sites is 2. The van der Waals surface area contributed by atoms with E-state index in [1.807, 2.05) is 58.9 Å². The smallest absolute Gasteiger partial charge is 0.270 e. The summed E-state index contributed by atoms with van der Waals surface area (Å²) >= 11 is 0. The van der Waals surface area contributed by atoms with Crippen molar-refractivity contribution in [2.75, 3.05) is 11.9 Å². The van der Waals surface area contributed by atoms with Crippen molar-refractivity contribution in [2.24, 2.45) is 5.92 Å².